The number of fused-ring (bicyclic) bond motifs is 1. The quantitative estimate of drug-likeness (QED) is 0.645. The van der Waals surface area contributed by atoms with Gasteiger partial charge in [0.05, 0.1) is 5.39 Å². The Hall–Kier alpha value is -3.52. The highest BCUT2D eigenvalue weighted by Crippen LogP contribution is 2.19. The minimum atomic E-state index is -0.441. The zero-order valence-corrected chi connectivity index (χ0v) is 14.9. The van der Waals surface area contributed by atoms with E-state index in [1.807, 2.05) is 0 Å². The number of benzene rings is 2. The first-order valence-corrected chi connectivity index (χ1v) is 8.93. The van der Waals surface area contributed by atoms with Gasteiger partial charge in [0, 0.05) is 23.4 Å². The summed E-state index contributed by atoms with van der Waals surface area (Å²) in [5, 5.41) is 12.6. The molecule has 8 heteroatoms. The van der Waals surface area contributed by atoms with Crippen LogP contribution in [0.15, 0.2) is 53.3 Å². The number of anilines is 2. The van der Waals surface area contributed by atoms with Gasteiger partial charge in [0.15, 0.2) is 5.69 Å². The number of ether oxygens (including phenoxy) is 1. The zero-order valence-electron chi connectivity index (χ0n) is 14.9. The molecule has 28 heavy (non-hydrogen) atoms. The Kier molecular flexibility index (Phi) is 4.86. The van der Waals surface area contributed by atoms with E-state index < -0.39 is 12.0 Å². The maximum atomic E-state index is 12.6. The monoisotopic (exact) mass is 378 g/mol. The zero-order chi connectivity index (χ0) is 19.5. The molecule has 1 aliphatic heterocycles. The van der Waals surface area contributed by atoms with Crippen LogP contribution >= 0.6 is 0 Å². The van der Waals surface area contributed by atoms with E-state index >= 15 is 0 Å². The predicted octanol–water partition coefficient (Wildman–Crippen LogP) is 2.29. The molecule has 1 atom stereocenters. The summed E-state index contributed by atoms with van der Waals surface area (Å²) in [6.07, 6.45) is 1.20. The molecule has 0 saturated carbocycles. The summed E-state index contributed by atoms with van der Waals surface area (Å²) in [7, 11) is 0. The van der Waals surface area contributed by atoms with E-state index in [0.717, 1.165) is 12.8 Å². The molecule has 8 nitrogen and oxygen atoms in total. The first kappa shape index (κ1) is 17.9. The summed E-state index contributed by atoms with van der Waals surface area (Å²) >= 11 is 0. The van der Waals surface area contributed by atoms with Crippen molar-refractivity contribution < 1.29 is 14.3 Å². The van der Waals surface area contributed by atoms with Crippen molar-refractivity contribution in [3.63, 3.8) is 0 Å². The molecular weight excluding hydrogens is 360 g/mol. The second-order valence-electron chi connectivity index (χ2n) is 6.47. The van der Waals surface area contributed by atoms with E-state index in [2.05, 4.69) is 20.8 Å². The summed E-state index contributed by atoms with van der Waals surface area (Å²) in [4.78, 5) is 36.5. The molecular formula is C20H18N4O4. The van der Waals surface area contributed by atoms with Crippen LogP contribution in [-0.4, -0.2) is 34.7 Å². The Balaban J connectivity index is 1.47. The molecule has 0 bridgehead atoms. The van der Waals surface area contributed by atoms with Crippen LogP contribution in [0.25, 0.3) is 10.8 Å². The molecule has 0 aliphatic carbocycles. The van der Waals surface area contributed by atoms with Crippen LogP contribution in [0, 0.1) is 0 Å². The Morgan fingerprint density at radius 3 is 2.36 bits per heavy atom. The molecule has 142 valence electrons. The van der Waals surface area contributed by atoms with Crippen LogP contribution in [-0.2, 0) is 9.53 Å². The lowest BCUT2D eigenvalue weighted by atomic mass is 10.1. The van der Waals surface area contributed by atoms with E-state index in [0.29, 0.717) is 28.8 Å². The Morgan fingerprint density at radius 2 is 1.68 bits per heavy atom. The third-order valence-electron chi connectivity index (χ3n) is 4.54. The Labute approximate surface area is 159 Å². The minimum Gasteiger partial charge on any atom is -0.368 e. The van der Waals surface area contributed by atoms with E-state index in [1.165, 1.54) is 0 Å². The Bertz CT molecular complexity index is 1090. The number of carbonyl (C=O) groups is 2. The number of hydrogen-bond donors (Lipinski definition) is 3. The van der Waals surface area contributed by atoms with Crippen LogP contribution in [0.3, 0.4) is 0 Å². The number of carbonyl (C=O) groups excluding carboxylic acids is 2. The second-order valence-corrected chi connectivity index (χ2v) is 6.47. The van der Waals surface area contributed by atoms with Gasteiger partial charge in [-0.05, 0) is 43.2 Å². The predicted molar refractivity (Wildman–Crippen MR) is 104 cm³/mol. The molecule has 2 heterocycles. The number of aromatic amines is 1. The molecule has 3 aromatic rings. The van der Waals surface area contributed by atoms with Gasteiger partial charge < -0.3 is 15.4 Å². The number of nitrogens with zero attached hydrogens (tertiary/aromatic N) is 1. The number of hydrogen-bond acceptors (Lipinski definition) is 5. The highest BCUT2D eigenvalue weighted by molar-refractivity contribution is 6.11. The molecule has 4 rings (SSSR count). The summed E-state index contributed by atoms with van der Waals surface area (Å²) in [5.74, 6) is -0.609. The fourth-order valence-electron chi connectivity index (χ4n) is 3.12. The van der Waals surface area contributed by atoms with Crippen molar-refractivity contribution in [2.75, 3.05) is 17.2 Å². The maximum absolute atomic E-state index is 12.6. The third kappa shape index (κ3) is 3.63. The van der Waals surface area contributed by atoms with Crippen LogP contribution in [0.5, 0.6) is 0 Å². The van der Waals surface area contributed by atoms with E-state index in [9.17, 15) is 14.4 Å². The molecule has 0 spiro atoms. The Morgan fingerprint density at radius 1 is 1.00 bits per heavy atom. The third-order valence-corrected chi connectivity index (χ3v) is 4.54. The van der Waals surface area contributed by atoms with Crippen LogP contribution in [0.2, 0.25) is 0 Å². The van der Waals surface area contributed by atoms with Gasteiger partial charge in [-0.25, -0.2) is 5.10 Å². The van der Waals surface area contributed by atoms with Crippen molar-refractivity contribution >= 4 is 34.0 Å². The molecule has 2 amide bonds. The lowest BCUT2D eigenvalue weighted by Crippen LogP contribution is -2.26. The van der Waals surface area contributed by atoms with Gasteiger partial charge in [-0.3, -0.25) is 14.4 Å². The first-order chi connectivity index (χ1) is 13.6. The average molecular weight is 378 g/mol. The van der Waals surface area contributed by atoms with Gasteiger partial charge in [-0.1, -0.05) is 18.2 Å². The number of amides is 2. The average Bonchev–Trinajstić information content (AvgIpc) is 3.25. The van der Waals surface area contributed by atoms with Crippen LogP contribution in [0.1, 0.15) is 23.3 Å². The molecule has 1 fully saturated rings. The van der Waals surface area contributed by atoms with Gasteiger partial charge in [0.1, 0.15) is 6.10 Å². The van der Waals surface area contributed by atoms with Crippen molar-refractivity contribution in [1.29, 1.82) is 0 Å². The summed E-state index contributed by atoms with van der Waals surface area (Å²) in [5.41, 5.74) is 0.938. The van der Waals surface area contributed by atoms with Crippen LogP contribution in [0.4, 0.5) is 11.4 Å². The minimum absolute atomic E-state index is 0.131. The summed E-state index contributed by atoms with van der Waals surface area (Å²) < 4.78 is 5.35. The molecule has 2 aromatic carbocycles. The highest BCUT2D eigenvalue weighted by atomic mass is 16.5. The van der Waals surface area contributed by atoms with Gasteiger partial charge in [-0.2, -0.15) is 5.10 Å². The van der Waals surface area contributed by atoms with E-state index in [-0.39, 0.29) is 17.2 Å². The molecule has 3 N–H and O–H groups in total. The molecule has 1 saturated heterocycles. The number of aromatic nitrogens is 2. The van der Waals surface area contributed by atoms with Crippen molar-refractivity contribution in [3.05, 3.63) is 64.6 Å². The lowest BCUT2D eigenvalue weighted by Gasteiger charge is -2.11. The fourth-order valence-corrected chi connectivity index (χ4v) is 3.12. The van der Waals surface area contributed by atoms with Gasteiger partial charge in [0.2, 0.25) is 0 Å². The standard InChI is InChI=1S/C20H18N4O4/c25-18-15-5-2-1-4-14(15)17(23-24-18)20(27)22-13-9-7-12(8-10-13)21-19(26)16-6-3-11-28-16/h1-2,4-5,7-10,16H,3,6,11H2,(H,21,26)(H,22,27)(H,24,25)/t16-/m0/s1. The molecule has 0 radical (unpaired) electrons. The smallest absolute Gasteiger partial charge is 0.276 e. The topological polar surface area (TPSA) is 113 Å². The molecule has 0 unspecified atom stereocenters. The van der Waals surface area contributed by atoms with Crippen molar-refractivity contribution in [3.8, 4) is 0 Å². The largest absolute Gasteiger partial charge is 0.368 e. The first-order valence-electron chi connectivity index (χ1n) is 8.93. The highest BCUT2D eigenvalue weighted by Gasteiger charge is 2.23. The number of nitrogens with one attached hydrogen (secondary N) is 3. The van der Waals surface area contributed by atoms with Crippen molar-refractivity contribution in [2.45, 2.75) is 18.9 Å². The normalized spacial score (nSPS) is 16.1. The van der Waals surface area contributed by atoms with Crippen molar-refractivity contribution in [1.82, 2.24) is 10.2 Å². The van der Waals surface area contributed by atoms with Gasteiger partial charge in [0.25, 0.3) is 17.4 Å². The molecule has 1 aliphatic rings. The fraction of sp³-hybridized carbons (Fsp3) is 0.200. The second kappa shape index (κ2) is 7.61. The van der Waals surface area contributed by atoms with E-state index in [4.69, 9.17) is 4.74 Å². The van der Waals surface area contributed by atoms with E-state index in [1.54, 1.807) is 48.5 Å². The summed E-state index contributed by atoms with van der Waals surface area (Å²) in [6, 6.07) is 13.5. The number of H-pyrrole nitrogens is 1. The SMILES string of the molecule is O=C(Nc1ccc(NC(=O)[C@@H]2CCCO2)cc1)c1n[nH]c(=O)c2ccccc12. The van der Waals surface area contributed by atoms with Gasteiger partial charge >= 0.3 is 0 Å². The maximum Gasteiger partial charge on any atom is 0.276 e. The van der Waals surface area contributed by atoms with Gasteiger partial charge in [-0.15, -0.1) is 0 Å². The van der Waals surface area contributed by atoms with Crippen LogP contribution < -0.4 is 16.2 Å². The summed E-state index contributed by atoms with van der Waals surface area (Å²) in [6.45, 7) is 0.608. The van der Waals surface area contributed by atoms with Crippen molar-refractivity contribution in [2.24, 2.45) is 0 Å². The molecule has 1 aromatic heterocycles. The number of rotatable bonds is 4. The lowest BCUT2D eigenvalue weighted by molar-refractivity contribution is -0.124.